The van der Waals surface area contributed by atoms with Crippen LogP contribution in [0.3, 0.4) is 0 Å². The van der Waals surface area contributed by atoms with Crippen molar-refractivity contribution in [2.45, 2.75) is 13.5 Å². The first-order valence-electron chi connectivity index (χ1n) is 5.80. The molecule has 1 amide bonds. The topological polar surface area (TPSA) is 106 Å². The largest absolute Gasteiger partial charge is 0.345 e. The number of nitrogens with zero attached hydrogens (tertiary/aromatic N) is 3. The van der Waals surface area contributed by atoms with E-state index in [9.17, 15) is 4.79 Å². The number of rotatable bonds is 4. The van der Waals surface area contributed by atoms with Gasteiger partial charge in [-0.2, -0.15) is 0 Å². The van der Waals surface area contributed by atoms with Crippen molar-refractivity contribution < 1.29 is 4.79 Å². The van der Waals surface area contributed by atoms with Crippen molar-refractivity contribution in [3.63, 3.8) is 0 Å². The fraction of sp³-hybridized carbons (Fsp3) is 0.167. The van der Waals surface area contributed by atoms with Crippen LogP contribution in [-0.4, -0.2) is 20.9 Å². The summed E-state index contributed by atoms with van der Waals surface area (Å²) in [6.07, 6.45) is 1.63. The molecule has 2 heterocycles. The first-order chi connectivity index (χ1) is 9.60. The van der Waals surface area contributed by atoms with Crippen molar-refractivity contribution in [3.05, 3.63) is 46.6 Å². The van der Waals surface area contributed by atoms with Gasteiger partial charge in [-0.05, 0) is 25.1 Å². The first-order valence-corrected chi connectivity index (χ1v) is 6.18. The monoisotopic (exact) mass is 292 g/mol. The molecular formula is C12H13ClN6O. The molecule has 0 aromatic carbocycles. The van der Waals surface area contributed by atoms with E-state index in [2.05, 4.69) is 25.7 Å². The highest BCUT2D eigenvalue weighted by atomic mass is 35.5. The van der Waals surface area contributed by atoms with Gasteiger partial charge < -0.3 is 10.7 Å². The van der Waals surface area contributed by atoms with Crippen LogP contribution in [0.2, 0.25) is 5.02 Å². The number of anilines is 1. The van der Waals surface area contributed by atoms with Crippen LogP contribution in [0, 0.1) is 6.92 Å². The molecule has 4 N–H and O–H groups in total. The quantitative estimate of drug-likeness (QED) is 0.574. The second-order valence-corrected chi connectivity index (χ2v) is 4.36. The van der Waals surface area contributed by atoms with E-state index in [-0.39, 0.29) is 17.3 Å². The van der Waals surface area contributed by atoms with Gasteiger partial charge in [0.15, 0.2) is 0 Å². The fourth-order valence-electron chi connectivity index (χ4n) is 1.54. The van der Waals surface area contributed by atoms with Crippen LogP contribution in [0.25, 0.3) is 0 Å². The van der Waals surface area contributed by atoms with Gasteiger partial charge in [-0.25, -0.2) is 20.8 Å². The van der Waals surface area contributed by atoms with Crippen molar-refractivity contribution in [2.24, 2.45) is 5.84 Å². The SMILES string of the molecule is Cc1nccc(CNC(=O)c2nc(NN)ccc2Cl)n1. The number of hydrogen-bond acceptors (Lipinski definition) is 6. The number of nitrogens with one attached hydrogen (secondary N) is 2. The second kappa shape index (κ2) is 6.27. The molecule has 0 aliphatic rings. The number of halogens is 1. The molecule has 2 rings (SSSR count). The van der Waals surface area contributed by atoms with E-state index >= 15 is 0 Å². The first kappa shape index (κ1) is 14.2. The molecule has 8 heteroatoms. The lowest BCUT2D eigenvalue weighted by Crippen LogP contribution is -2.25. The molecule has 0 saturated heterocycles. The number of carbonyl (C=O) groups is 1. The maximum Gasteiger partial charge on any atom is 0.271 e. The van der Waals surface area contributed by atoms with Crippen molar-refractivity contribution >= 4 is 23.3 Å². The molecule has 0 atom stereocenters. The highest BCUT2D eigenvalue weighted by Gasteiger charge is 2.13. The molecule has 0 spiro atoms. The number of amides is 1. The highest BCUT2D eigenvalue weighted by molar-refractivity contribution is 6.33. The molecule has 104 valence electrons. The van der Waals surface area contributed by atoms with E-state index in [0.717, 1.165) is 0 Å². The highest BCUT2D eigenvalue weighted by Crippen LogP contribution is 2.16. The molecule has 0 saturated carbocycles. The van der Waals surface area contributed by atoms with E-state index < -0.39 is 5.91 Å². The number of carbonyl (C=O) groups excluding carboxylic acids is 1. The van der Waals surface area contributed by atoms with Crippen molar-refractivity contribution in [1.29, 1.82) is 0 Å². The smallest absolute Gasteiger partial charge is 0.271 e. The molecule has 2 aromatic heterocycles. The number of nitrogen functional groups attached to an aromatic ring is 1. The maximum absolute atomic E-state index is 12.0. The number of nitrogens with two attached hydrogens (primary N) is 1. The molecule has 0 radical (unpaired) electrons. The summed E-state index contributed by atoms with van der Waals surface area (Å²) < 4.78 is 0. The average Bonchev–Trinajstić information content (AvgIpc) is 2.45. The zero-order chi connectivity index (χ0) is 14.5. The Hall–Kier alpha value is -2.25. The number of aromatic nitrogens is 3. The van der Waals surface area contributed by atoms with Crippen LogP contribution in [0.5, 0.6) is 0 Å². The summed E-state index contributed by atoms with van der Waals surface area (Å²) in [5, 5.41) is 2.94. The Morgan fingerprint density at radius 3 is 2.85 bits per heavy atom. The fourth-order valence-corrected chi connectivity index (χ4v) is 1.73. The number of pyridine rings is 1. The van der Waals surface area contributed by atoms with Gasteiger partial charge in [0.05, 0.1) is 17.3 Å². The molecule has 0 fully saturated rings. The van der Waals surface area contributed by atoms with Crippen molar-refractivity contribution in [1.82, 2.24) is 20.3 Å². The normalized spacial score (nSPS) is 10.2. The van der Waals surface area contributed by atoms with E-state index in [0.29, 0.717) is 17.3 Å². The molecule has 0 unspecified atom stereocenters. The van der Waals surface area contributed by atoms with Gasteiger partial charge in [-0.3, -0.25) is 4.79 Å². The number of hydrazine groups is 1. The third-order valence-electron chi connectivity index (χ3n) is 2.47. The Bertz CT molecular complexity index is 633. The average molecular weight is 293 g/mol. The Balaban J connectivity index is 2.08. The van der Waals surface area contributed by atoms with Crippen LogP contribution in [0.1, 0.15) is 22.0 Å². The molecule has 0 aliphatic heterocycles. The number of hydrogen-bond donors (Lipinski definition) is 3. The summed E-state index contributed by atoms with van der Waals surface area (Å²) in [6, 6.07) is 4.85. The lowest BCUT2D eigenvalue weighted by Gasteiger charge is -2.07. The minimum Gasteiger partial charge on any atom is -0.345 e. The summed E-state index contributed by atoms with van der Waals surface area (Å²) >= 11 is 5.94. The third-order valence-corrected chi connectivity index (χ3v) is 2.78. The Kier molecular flexibility index (Phi) is 4.44. The van der Waals surface area contributed by atoms with Gasteiger partial charge in [0.2, 0.25) is 0 Å². The summed E-state index contributed by atoms with van der Waals surface area (Å²) in [7, 11) is 0. The molecular weight excluding hydrogens is 280 g/mol. The van der Waals surface area contributed by atoms with Gasteiger partial charge in [0.25, 0.3) is 5.91 Å². The third kappa shape index (κ3) is 3.40. The van der Waals surface area contributed by atoms with E-state index in [1.165, 1.54) is 0 Å². The lowest BCUT2D eigenvalue weighted by molar-refractivity contribution is 0.0945. The summed E-state index contributed by atoms with van der Waals surface area (Å²) in [6.45, 7) is 2.04. The molecule has 0 aliphatic carbocycles. The summed E-state index contributed by atoms with van der Waals surface area (Å²) in [4.78, 5) is 24.2. The van der Waals surface area contributed by atoms with Gasteiger partial charge in [0, 0.05) is 6.20 Å². The predicted octanol–water partition coefficient (Wildman–Crippen LogP) is 1.05. The Morgan fingerprint density at radius 2 is 2.15 bits per heavy atom. The van der Waals surface area contributed by atoms with Gasteiger partial charge in [-0.1, -0.05) is 11.6 Å². The zero-order valence-corrected chi connectivity index (χ0v) is 11.5. The van der Waals surface area contributed by atoms with Crippen molar-refractivity contribution in [3.8, 4) is 0 Å². The summed E-state index contributed by atoms with van der Waals surface area (Å²) in [5.41, 5.74) is 3.17. The maximum atomic E-state index is 12.0. The molecule has 2 aromatic rings. The van der Waals surface area contributed by atoms with Crippen LogP contribution in [0.15, 0.2) is 24.4 Å². The molecule has 20 heavy (non-hydrogen) atoms. The number of aryl methyl sites for hydroxylation is 1. The van der Waals surface area contributed by atoms with Gasteiger partial charge >= 0.3 is 0 Å². The minimum atomic E-state index is -0.400. The standard InChI is InChI=1S/C12H13ClN6O/c1-7-15-5-4-8(17-7)6-16-12(20)11-9(13)2-3-10(18-11)19-14/h2-5H,6,14H2,1H3,(H,16,20)(H,18,19). The molecule has 0 bridgehead atoms. The zero-order valence-electron chi connectivity index (χ0n) is 10.7. The Labute approximate surface area is 120 Å². The van der Waals surface area contributed by atoms with Gasteiger partial charge in [0.1, 0.15) is 17.3 Å². The Morgan fingerprint density at radius 1 is 1.35 bits per heavy atom. The second-order valence-electron chi connectivity index (χ2n) is 3.95. The van der Waals surface area contributed by atoms with Crippen LogP contribution >= 0.6 is 11.6 Å². The van der Waals surface area contributed by atoms with E-state index in [1.54, 1.807) is 31.3 Å². The minimum absolute atomic E-state index is 0.105. The lowest BCUT2D eigenvalue weighted by atomic mass is 10.3. The van der Waals surface area contributed by atoms with E-state index in [1.807, 2.05) is 0 Å². The van der Waals surface area contributed by atoms with Crippen LogP contribution < -0.4 is 16.6 Å². The van der Waals surface area contributed by atoms with Crippen molar-refractivity contribution in [2.75, 3.05) is 5.43 Å². The predicted molar refractivity (Wildman–Crippen MR) is 75.0 cm³/mol. The van der Waals surface area contributed by atoms with Gasteiger partial charge in [-0.15, -0.1) is 0 Å². The van der Waals surface area contributed by atoms with Crippen LogP contribution in [0.4, 0.5) is 5.82 Å². The summed E-state index contributed by atoms with van der Waals surface area (Å²) in [5.74, 6) is 5.85. The van der Waals surface area contributed by atoms with E-state index in [4.69, 9.17) is 17.4 Å². The van der Waals surface area contributed by atoms with Crippen LogP contribution in [-0.2, 0) is 6.54 Å². The molecule has 7 nitrogen and oxygen atoms in total.